The fourth-order valence-corrected chi connectivity index (χ4v) is 6.34. The van der Waals surface area contributed by atoms with Crippen LogP contribution in [0.15, 0.2) is 75.0 Å². The summed E-state index contributed by atoms with van der Waals surface area (Å²) in [5.74, 6) is 1.30. The van der Waals surface area contributed by atoms with E-state index in [0.717, 1.165) is 65.1 Å². The number of thiazole rings is 1. The lowest BCUT2D eigenvalue weighted by Crippen LogP contribution is -2.44. The van der Waals surface area contributed by atoms with Crippen molar-refractivity contribution in [1.82, 2.24) is 15.2 Å². The van der Waals surface area contributed by atoms with Crippen molar-refractivity contribution in [2.75, 3.05) is 24.2 Å². The Morgan fingerprint density at radius 3 is 2.76 bits per heavy atom. The molecule has 1 fully saturated rings. The predicted molar refractivity (Wildman–Crippen MR) is 157 cm³/mol. The summed E-state index contributed by atoms with van der Waals surface area (Å²) in [6, 6.07) is 18.0. The van der Waals surface area contributed by atoms with Crippen LogP contribution in [0.4, 0.5) is 5.69 Å². The third-order valence-electron chi connectivity index (χ3n) is 6.36. The molecule has 0 bridgehead atoms. The molecule has 3 heterocycles. The fraction of sp³-hybridized carbons (Fsp3) is 0.286. The van der Waals surface area contributed by atoms with Crippen molar-refractivity contribution in [2.24, 2.45) is 0 Å². The molecule has 0 atom stereocenters. The molecule has 0 saturated carbocycles. The highest BCUT2D eigenvalue weighted by Crippen LogP contribution is 2.30. The molecule has 10 heteroatoms. The first-order valence-corrected chi connectivity index (χ1v) is 15.0. The first-order valence-electron chi connectivity index (χ1n) is 12.4. The Morgan fingerprint density at radius 2 is 1.97 bits per heavy atom. The molecule has 4 aromatic rings. The van der Waals surface area contributed by atoms with Gasteiger partial charge in [0.15, 0.2) is 4.34 Å². The number of furan rings is 1. The highest BCUT2D eigenvalue weighted by atomic mass is 35.5. The summed E-state index contributed by atoms with van der Waals surface area (Å²) >= 11 is 15.2. The number of benzene rings is 2. The lowest BCUT2D eigenvalue weighted by molar-refractivity contribution is -0.119. The number of rotatable bonds is 10. The Labute approximate surface area is 240 Å². The molecular weight excluding hydrogens is 559 g/mol. The van der Waals surface area contributed by atoms with E-state index >= 15 is 0 Å². The maximum atomic E-state index is 12.6. The average molecular weight is 588 g/mol. The van der Waals surface area contributed by atoms with Gasteiger partial charge >= 0.3 is 0 Å². The number of nitrogens with zero attached hydrogens (tertiary/aromatic N) is 2. The lowest BCUT2D eigenvalue weighted by atomic mass is 10.0. The van der Waals surface area contributed by atoms with E-state index in [4.69, 9.17) is 32.6 Å². The standard InChI is InChI=1S/C28H28Cl2N4O2S2/c29-24-7-6-19(13-25(24)30)16-34-10-8-21(9-11-34)32-27(35)18-38-28-33-26(17-37-28)20-3-1-4-22(14-20)31-15-23-5-2-12-36-23/h1-7,12-14,17,21,31H,8-11,15-16,18H2,(H,32,35). The minimum absolute atomic E-state index is 0.0545. The van der Waals surface area contributed by atoms with Crippen molar-refractivity contribution in [1.29, 1.82) is 0 Å². The minimum Gasteiger partial charge on any atom is -0.467 e. The van der Waals surface area contributed by atoms with Crippen LogP contribution in [-0.4, -0.2) is 40.7 Å². The summed E-state index contributed by atoms with van der Waals surface area (Å²) in [5, 5.41) is 9.77. The van der Waals surface area contributed by atoms with Crippen LogP contribution in [-0.2, 0) is 17.9 Å². The first kappa shape index (κ1) is 27.1. The van der Waals surface area contributed by atoms with Crippen LogP contribution in [0.1, 0.15) is 24.2 Å². The van der Waals surface area contributed by atoms with E-state index in [1.54, 1.807) is 17.6 Å². The molecule has 6 nitrogen and oxygen atoms in total. The van der Waals surface area contributed by atoms with Gasteiger partial charge in [0.25, 0.3) is 0 Å². The predicted octanol–water partition coefficient (Wildman–Crippen LogP) is 7.19. The zero-order valence-electron chi connectivity index (χ0n) is 20.7. The van der Waals surface area contributed by atoms with Crippen LogP contribution < -0.4 is 10.6 Å². The highest BCUT2D eigenvalue weighted by Gasteiger charge is 2.21. The Morgan fingerprint density at radius 1 is 1.11 bits per heavy atom. The molecule has 0 unspecified atom stereocenters. The summed E-state index contributed by atoms with van der Waals surface area (Å²) in [4.78, 5) is 19.7. The third kappa shape index (κ3) is 7.55. The second-order valence-corrected chi connectivity index (χ2v) is 12.1. The molecule has 1 aliphatic rings. The fourth-order valence-electron chi connectivity index (χ4n) is 4.38. The van der Waals surface area contributed by atoms with Gasteiger partial charge in [-0.3, -0.25) is 9.69 Å². The molecule has 1 aliphatic heterocycles. The van der Waals surface area contributed by atoms with E-state index in [9.17, 15) is 4.79 Å². The topological polar surface area (TPSA) is 70.4 Å². The second kappa shape index (κ2) is 13.0. The van der Waals surface area contributed by atoms with E-state index in [2.05, 4.69) is 21.6 Å². The van der Waals surface area contributed by atoms with Crippen LogP contribution in [0.5, 0.6) is 0 Å². The third-order valence-corrected chi connectivity index (χ3v) is 9.12. The van der Waals surface area contributed by atoms with Gasteiger partial charge < -0.3 is 15.1 Å². The van der Waals surface area contributed by atoms with E-state index in [1.165, 1.54) is 11.8 Å². The van der Waals surface area contributed by atoms with Crippen molar-refractivity contribution in [3.8, 4) is 11.3 Å². The summed E-state index contributed by atoms with van der Waals surface area (Å²) in [6.45, 7) is 3.33. The molecule has 2 aromatic heterocycles. The van der Waals surface area contributed by atoms with Gasteiger partial charge in [-0.2, -0.15) is 0 Å². The van der Waals surface area contributed by atoms with Gasteiger partial charge in [-0.15, -0.1) is 11.3 Å². The molecule has 2 aromatic carbocycles. The monoisotopic (exact) mass is 586 g/mol. The van der Waals surface area contributed by atoms with Crippen LogP contribution in [0.2, 0.25) is 10.0 Å². The minimum atomic E-state index is 0.0545. The first-order chi connectivity index (χ1) is 18.5. The molecule has 1 amide bonds. The normalized spacial score (nSPS) is 14.5. The number of amides is 1. The number of hydrogen-bond donors (Lipinski definition) is 2. The highest BCUT2D eigenvalue weighted by molar-refractivity contribution is 8.01. The summed E-state index contributed by atoms with van der Waals surface area (Å²) in [6.07, 6.45) is 3.54. The Balaban J connectivity index is 1.05. The summed E-state index contributed by atoms with van der Waals surface area (Å²) < 4.78 is 6.27. The van der Waals surface area contributed by atoms with Gasteiger partial charge in [-0.25, -0.2) is 4.98 Å². The van der Waals surface area contributed by atoms with Crippen molar-refractivity contribution >= 4 is 57.9 Å². The van der Waals surface area contributed by atoms with Crippen molar-refractivity contribution < 1.29 is 9.21 Å². The van der Waals surface area contributed by atoms with Crippen LogP contribution in [0, 0.1) is 0 Å². The molecule has 38 heavy (non-hydrogen) atoms. The van der Waals surface area contributed by atoms with Gasteiger partial charge in [-0.05, 0) is 54.8 Å². The Hall–Kier alpha value is -2.49. The van der Waals surface area contributed by atoms with Crippen molar-refractivity contribution in [3.63, 3.8) is 0 Å². The number of carbonyl (C=O) groups is 1. The molecule has 0 spiro atoms. The van der Waals surface area contributed by atoms with Crippen LogP contribution in [0.25, 0.3) is 11.3 Å². The number of piperidine rings is 1. The number of aromatic nitrogens is 1. The quantitative estimate of drug-likeness (QED) is 0.191. The van der Waals surface area contributed by atoms with E-state index in [1.807, 2.05) is 53.9 Å². The van der Waals surface area contributed by atoms with Gasteiger partial charge in [0.2, 0.25) is 5.91 Å². The zero-order valence-corrected chi connectivity index (χ0v) is 23.8. The maximum Gasteiger partial charge on any atom is 0.230 e. The lowest BCUT2D eigenvalue weighted by Gasteiger charge is -2.32. The van der Waals surface area contributed by atoms with Crippen molar-refractivity contribution in [3.05, 3.63) is 87.6 Å². The van der Waals surface area contributed by atoms with E-state index in [-0.39, 0.29) is 11.9 Å². The van der Waals surface area contributed by atoms with E-state index < -0.39 is 0 Å². The number of hydrogen-bond acceptors (Lipinski definition) is 7. The number of halogens is 2. The molecular formula is C28H28Cl2N4O2S2. The molecule has 0 radical (unpaired) electrons. The molecule has 5 rings (SSSR count). The molecule has 1 saturated heterocycles. The van der Waals surface area contributed by atoms with Gasteiger partial charge in [-0.1, -0.05) is 53.2 Å². The van der Waals surface area contributed by atoms with Gasteiger partial charge in [0.05, 0.1) is 34.3 Å². The molecule has 198 valence electrons. The van der Waals surface area contributed by atoms with Gasteiger partial charge in [0.1, 0.15) is 5.76 Å². The Kier molecular flexibility index (Phi) is 9.30. The average Bonchev–Trinajstić information content (AvgIpc) is 3.62. The summed E-state index contributed by atoms with van der Waals surface area (Å²) in [5.41, 5.74) is 4.10. The van der Waals surface area contributed by atoms with Crippen molar-refractivity contribution in [2.45, 2.75) is 36.3 Å². The smallest absolute Gasteiger partial charge is 0.230 e. The zero-order chi connectivity index (χ0) is 26.3. The number of anilines is 1. The van der Waals surface area contributed by atoms with E-state index in [0.29, 0.717) is 22.3 Å². The number of likely N-dealkylation sites (tertiary alicyclic amines) is 1. The van der Waals surface area contributed by atoms with Gasteiger partial charge in [0, 0.05) is 42.3 Å². The number of nitrogens with one attached hydrogen (secondary N) is 2. The second-order valence-electron chi connectivity index (χ2n) is 9.17. The number of thioether (sulfide) groups is 1. The number of carbonyl (C=O) groups excluding carboxylic acids is 1. The van der Waals surface area contributed by atoms with Crippen LogP contribution in [0.3, 0.4) is 0 Å². The summed E-state index contributed by atoms with van der Waals surface area (Å²) in [7, 11) is 0. The molecule has 0 aliphatic carbocycles. The maximum absolute atomic E-state index is 12.6. The Bertz CT molecular complexity index is 1350. The van der Waals surface area contributed by atoms with Crippen LogP contribution >= 0.6 is 46.3 Å². The molecule has 2 N–H and O–H groups in total. The SMILES string of the molecule is O=C(CSc1nc(-c2cccc(NCc3ccco3)c2)cs1)NC1CCN(Cc2ccc(Cl)c(Cl)c2)CC1. The largest absolute Gasteiger partial charge is 0.467 e.